The number of fused-ring (bicyclic) bond motifs is 1. The molecular formula is C7H9ClN4O. The minimum absolute atomic E-state index is 0.0249. The predicted molar refractivity (Wildman–Crippen MR) is 49.8 cm³/mol. The van der Waals surface area contributed by atoms with E-state index in [-0.39, 0.29) is 18.5 Å². The highest BCUT2D eigenvalue weighted by atomic mass is 35.5. The van der Waals surface area contributed by atoms with Crippen LogP contribution in [0.2, 0.25) is 5.15 Å². The lowest BCUT2D eigenvalue weighted by molar-refractivity contribution is 0.273. The van der Waals surface area contributed by atoms with Crippen LogP contribution in [0.25, 0.3) is 0 Å². The Hall–Kier alpha value is -1.07. The third-order valence-corrected chi connectivity index (χ3v) is 2.35. The van der Waals surface area contributed by atoms with Crippen molar-refractivity contribution in [3.8, 4) is 0 Å². The van der Waals surface area contributed by atoms with Crippen molar-refractivity contribution in [2.75, 3.05) is 24.2 Å². The molecule has 5 nitrogen and oxygen atoms in total. The highest BCUT2D eigenvalue weighted by molar-refractivity contribution is 6.30. The molecule has 0 fully saturated rings. The molecule has 0 aliphatic carbocycles. The van der Waals surface area contributed by atoms with E-state index in [1.165, 1.54) is 0 Å². The number of halogens is 1. The summed E-state index contributed by atoms with van der Waals surface area (Å²) >= 11 is 5.87. The van der Waals surface area contributed by atoms with Gasteiger partial charge in [0.15, 0.2) is 0 Å². The van der Waals surface area contributed by atoms with Crippen molar-refractivity contribution >= 4 is 23.4 Å². The van der Waals surface area contributed by atoms with Crippen molar-refractivity contribution in [1.29, 1.82) is 0 Å². The van der Waals surface area contributed by atoms with Gasteiger partial charge < -0.3 is 16.2 Å². The second kappa shape index (κ2) is 3.01. The number of hydrogen-bond acceptors (Lipinski definition) is 5. The number of nitrogens with zero attached hydrogens (tertiary/aromatic N) is 2. The topological polar surface area (TPSA) is 84.1 Å². The minimum Gasteiger partial charge on any atom is -0.396 e. The number of aromatic nitrogens is 2. The van der Waals surface area contributed by atoms with Crippen molar-refractivity contribution in [2.24, 2.45) is 0 Å². The average molecular weight is 201 g/mol. The maximum absolute atomic E-state index is 9.02. The van der Waals surface area contributed by atoms with Crippen LogP contribution < -0.4 is 11.1 Å². The van der Waals surface area contributed by atoms with E-state index in [0.29, 0.717) is 17.5 Å². The monoisotopic (exact) mass is 200 g/mol. The zero-order chi connectivity index (χ0) is 9.42. The van der Waals surface area contributed by atoms with Crippen molar-refractivity contribution < 1.29 is 5.11 Å². The summed E-state index contributed by atoms with van der Waals surface area (Å²) in [5.41, 5.74) is 6.17. The molecule has 0 unspecified atom stereocenters. The zero-order valence-electron chi connectivity index (χ0n) is 6.79. The fourth-order valence-electron chi connectivity index (χ4n) is 1.43. The summed E-state index contributed by atoms with van der Waals surface area (Å²) in [5, 5.41) is 12.4. The maximum Gasteiger partial charge on any atom is 0.223 e. The fourth-order valence-corrected chi connectivity index (χ4v) is 1.76. The van der Waals surface area contributed by atoms with Gasteiger partial charge in [-0.15, -0.1) is 0 Å². The predicted octanol–water partition coefficient (Wildman–Crippen LogP) is 0.214. The third kappa shape index (κ3) is 1.30. The van der Waals surface area contributed by atoms with Gasteiger partial charge in [-0.3, -0.25) is 0 Å². The van der Waals surface area contributed by atoms with Crippen LogP contribution in [0.3, 0.4) is 0 Å². The SMILES string of the molecule is Nc1nc(Cl)c2c(n1)NC[C@@H]2CO. The van der Waals surface area contributed by atoms with E-state index in [0.717, 1.165) is 5.56 Å². The molecule has 2 heterocycles. The van der Waals surface area contributed by atoms with Crippen LogP contribution in [0.15, 0.2) is 0 Å². The summed E-state index contributed by atoms with van der Waals surface area (Å²) in [6, 6.07) is 0. The van der Waals surface area contributed by atoms with Crippen LogP contribution in [-0.4, -0.2) is 28.2 Å². The Kier molecular flexibility index (Phi) is 1.97. The summed E-state index contributed by atoms with van der Waals surface area (Å²) < 4.78 is 0. The van der Waals surface area contributed by atoms with Crippen molar-refractivity contribution in [2.45, 2.75) is 5.92 Å². The Labute approximate surface area is 79.9 Å². The smallest absolute Gasteiger partial charge is 0.223 e. The van der Waals surface area contributed by atoms with Crippen LogP contribution in [0.5, 0.6) is 0 Å². The molecule has 70 valence electrons. The molecule has 0 amide bonds. The van der Waals surface area contributed by atoms with E-state index in [9.17, 15) is 0 Å². The number of hydrogen-bond donors (Lipinski definition) is 3. The molecule has 1 aliphatic heterocycles. The van der Waals surface area contributed by atoms with E-state index in [1.807, 2.05) is 0 Å². The van der Waals surface area contributed by atoms with Gasteiger partial charge >= 0.3 is 0 Å². The van der Waals surface area contributed by atoms with Crippen LogP contribution >= 0.6 is 11.6 Å². The number of rotatable bonds is 1. The van der Waals surface area contributed by atoms with Gasteiger partial charge in [-0.2, -0.15) is 4.98 Å². The Bertz CT molecular complexity index is 344. The highest BCUT2D eigenvalue weighted by Gasteiger charge is 2.26. The number of nitrogens with two attached hydrogens (primary N) is 1. The molecule has 0 aromatic carbocycles. The quantitative estimate of drug-likeness (QED) is 0.565. The molecule has 1 aromatic heterocycles. The van der Waals surface area contributed by atoms with Crippen LogP contribution in [-0.2, 0) is 0 Å². The van der Waals surface area contributed by atoms with Gasteiger partial charge in [-0.05, 0) is 0 Å². The minimum atomic E-state index is -0.0249. The van der Waals surface area contributed by atoms with Gasteiger partial charge in [0.2, 0.25) is 5.95 Å². The summed E-state index contributed by atoms with van der Waals surface area (Å²) in [6.45, 7) is 0.663. The normalized spacial score (nSPS) is 19.7. The first-order valence-electron chi connectivity index (χ1n) is 3.90. The van der Waals surface area contributed by atoms with E-state index in [4.69, 9.17) is 22.4 Å². The number of nitrogen functional groups attached to an aromatic ring is 1. The first-order valence-corrected chi connectivity index (χ1v) is 4.28. The van der Waals surface area contributed by atoms with E-state index in [2.05, 4.69) is 15.3 Å². The number of nitrogens with one attached hydrogen (secondary N) is 1. The molecule has 0 saturated carbocycles. The molecule has 0 saturated heterocycles. The van der Waals surface area contributed by atoms with E-state index >= 15 is 0 Å². The molecular weight excluding hydrogens is 192 g/mol. The summed E-state index contributed by atoms with van der Waals surface area (Å²) in [4.78, 5) is 7.80. The molecule has 4 N–H and O–H groups in total. The molecule has 0 spiro atoms. The first kappa shape index (κ1) is 8.52. The van der Waals surface area contributed by atoms with Gasteiger partial charge in [0.25, 0.3) is 0 Å². The van der Waals surface area contributed by atoms with Gasteiger partial charge in [-0.25, -0.2) is 4.98 Å². The van der Waals surface area contributed by atoms with Gasteiger partial charge in [0.05, 0.1) is 6.61 Å². The van der Waals surface area contributed by atoms with Crippen molar-refractivity contribution in [3.05, 3.63) is 10.7 Å². The standard InChI is InChI=1S/C7H9ClN4O/c8-5-4-3(2-13)1-10-6(4)12-7(9)11-5/h3,13H,1-2H2,(H3,9,10,11,12)/t3-/m1/s1. The van der Waals surface area contributed by atoms with E-state index < -0.39 is 0 Å². The van der Waals surface area contributed by atoms with Crippen LogP contribution in [0.4, 0.5) is 11.8 Å². The molecule has 0 bridgehead atoms. The van der Waals surface area contributed by atoms with Crippen molar-refractivity contribution in [3.63, 3.8) is 0 Å². The van der Waals surface area contributed by atoms with Gasteiger partial charge in [0.1, 0.15) is 11.0 Å². The third-order valence-electron chi connectivity index (χ3n) is 2.06. The van der Waals surface area contributed by atoms with Gasteiger partial charge in [0, 0.05) is 18.0 Å². The zero-order valence-corrected chi connectivity index (χ0v) is 7.54. The van der Waals surface area contributed by atoms with Crippen LogP contribution in [0, 0.1) is 0 Å². The molecule has 13 heavy (non-hydrogen) atoms. The highest BCUT2D eigenvalue weighted by Crippen LogP contribution is 2.34. The molecule has 6 heteroatoms. The Morgan fingerprint density at radius 1 is 1.62 bits per heavy atom. The Morgan fingerprint density at radius 3 is 3.08 bits per heavy atom. The lowest BCUT2D eigenvalue weighted by Crippen LogP contribution is -2.06. The van der Waals surface area contributed by atoms with Crippen LogP contribution in [0.1, 0.15) is 11.5 Å². The summed E-state index contributed by atoms with van der Waals surface area (Å²) in [5.74, 6) is 0.759. The first-order chi connectivity index (χ1) is 6.22. The second-order valence-corrected chi connectivity index (χ2v) is 3.25. The molecule has 1 atom stereocenters. The Morgan fingerprint density at radius 2 is 2.38 bits per heavy atom. The number of aliphatic hydroxyl groups excluding tert-OH is 1. The fraction of sp³-hybridized carbons (Fsp3) is 0.429. The Balaban J connectivity index is 2.51. The molecule has 0 radical (unpaired) electrons. The number of anilines is 2. The molecule has 1 aliphatic rings. The van der Waals surface area contributed by atoms with Gasteiger partial charge in [-0.1, -0.05) is 11.6 Å². The molecule has 2 rings (SSSR count). The van der Waals surface area contributed by atoms with Crippen molar-refractivity contribution in [1.82, 2.24) is 9.97 Å². The number of aliphatic hydroxyl groups is 1. The summed E-state index contributed by atoms with van der Waals surface area (Å²) in [7, 11) is 0. The molecule has 1 aromatic rings. The average Bonchev–Trinajstić information content (AvgIpc) is 2.47. The largest absolute Gasteiger partial charge is 0.396 e. The lowest BCUT2D eigenvalue weighted by atomic mass is 10.1. The summed E-state index contributed by atoms with van der Waals surface area (Å²) in [6.07, 6.45) is 0. The lowest BCUT2D eigenvalue weighted by Gasteiger charge is -2.06. The maximum atomic E-state index is 9.02. The second-order valence-electron chi connectivity index (χ2n) is 2.90. The van der Waals surface area contributed by atoms with E-state index in [1.54, 1.807) is 0 Å².